The second-order valence-corrected chi connectivity index (χ2v) is 4.76. The maximum absolute atomic E-state index is 12.2. The summed E-state index contributed by atoms with van der Waals surface area (Å²) in [4.78, 5) is 12.2. The summed E-state index contributed by atoms with van der Waals surface area (Å²) in [5.74, 6) is 0.0622. The Labute approximate surface area is 137 Å². The molecule has 1 aromatic heterocycles. The van der Waals surface area contributed by atoms with Crippen LogP contribution >= 0.6 is 0 Å². The van der Waals surface area contributed by atoms with Gasteiger partial charge in [-0.25, -0.2) is 0 Å². The van der Waals surface area contributed by atoms with Gasteiger partial charge in [0.25, 0.3) is 0 Å². The Morgan fingerprint density at radius 1 is 1.21 bits per heavy atom. The molecule has 1 heterocycles. The molecule has 0 spiro atoms. The van der Waals surface area contributed by atoms with E-state index in [0.717, 1.165) is 0 Å². The molecule has 0 fully saturated rings. The average molecular weight is 320 g/mol. The highest BCUT2D eigenvalue weighted by atomic mass is 16.5. The molecule has 0 aliphatic heterocycles. The third kappa shape index (κ3) is 3.08. The third-order valence-electron chi connectivity index (χ3n) is 3.23. The lowest BCUT2D eigenvalue weighted by Gasteiger charge is -2.03. The van der Waals surface area contributed by atoms with E-state index in [1.807, 2.05) is 6.07 Å². The smallest absolute Gasteiger partial charge is 0.313 e. The number of hydrogen-bond acceptors (Lipinski definition) is 6. The third-order valence-corrected chi connectivity index (χ3v) is 3.23. The number of benzene rings is 2. The minimum absolute atomic E-state index is 0.194. The van der Waals surface area contributed by atoms with Crippen molar-refractivity contribution < 1.29 is 13.9 Å². The van der Waals surface area contributed by atoms with Crippen LogP contribution in [-0.4, -0.2) is 23.2 Å². The van der Waals surface area contributed by atoms with E-state index in [1.165, 1.54) is 0 Å². The first kappa shape index (κ1) is 15.2. The van der Waals surface area contributed by atoms with E-state index in [1.54, 1.807) is 55.6 Å². The van der Waals surface area contributed by atoms with Crippen molar-refractivity contribution in [3.05, 3.63) is 60.0 Å². The van der Waals surface area contributed by atoms with E-state index < -0.39 is 5.91 Å². The summed E-state index contributed by atoms with van der Waals surface area (Å²) in [7, 11) is 1.55. The van der Waals surface area contributed by atoms with Gasteiger partial charge in [0.1, 0.15) is 11.8 Å². The Kier molecular flexibility index (Phi) is 4.21. The molecule has 3 rings (SSSR count). The molecule has 0 radical (unpaired) electrons. The number of carbonyl (C=O) groups excluding carboxylic acids is 1. The number of nitrogens with one attached hydrogen (secondary N) is 1. The Hall–Kier alpha value is -3.66. The summed E-state index contributed by atoms with van der Waals surface area (Å²) in [6, 6.07) is 15.7. The molecule has 0 atom stereocenters. The van der Waals surface area contributed by atoms with Crippen LogP contribution in [0.2, 0.25) is 0 Å². The van der Waals surface area contributed by atoms with E-state index >= 15 is 0 Å². The molecule has 0 saturated heterocycles. The molecular formula is C17H12N4O3. The molecule has 0 unspecified atom stereocenters. The van der Waals surface area contributed by atoms with Gasteiger partial charge in [-0.3, -0.25) is 4.79 Å². The molecular weight excluding hydrogens is 308 g/mol. The predicted octanol–water partition coefficient (Wildman–Crippen LogP) is 2.87. The monoisotopic (exact) mass is 320 g/mol. The Morgan fingerprint density at radius 3 is 2.83 bits per heavy atom. The zero-order valence-electron chi connectivity index (χ0n) is 12.7. The molecule has 7 nitrogen and oxygen atoms in total. The van der Waals surface area contributed by atoms with Crippen molar-refractivity contribution in [2.45, 2.75) is 0 Å². The van der Waals surface area contributed by atoms with E-state index in [4.69, 9.17) is 14.4 Å². The van der Waals surface area contributed by atoms with Gasteiger partial charge in [-0.05, 0) is 30.3 Å². The average Bonchev–Trinajstić information content (AvgIpc) is 3.12. The summed E-state index contributed by atoms with van der Waals surface area (Å²) < 4.78 is 10.5. The summed E-state index contributed by atoms with van der Waals surface area (Å²) in [6.45, 7) is 0. The first-order chi connectivity index (χ1) is 11.7. The van der Waals surface area contributed by atoms with Gasteiger partial charge in [0.2, 0.25) is 5.89 Å². The lowest BCUT2D eigenvalue weighted by molar-refractivity contribution is 0.0991. The van der Waals surface area contributed by atoms with Gasteiger partial charge in [-0.1, -0.05) is 18.2 Å². The van der Waals surface area contributed by atoms with Gasteiger partial charge < -0.3 is 14.5 Å². The van der Waals surface area contributed by atoms with Crippen molar-refractivity contribution in [1.82, 2.24) is 10.2 Å². The van der Waals surface area contributed by atoms with Crippen LogP contribution in [0.15, 0.2) is 52.9 Å². The Balaban J connectivity index is 1.82. The molecule has 0 bridgehead atoms. The number of amides is 1. The van der Waals surface area contributed by atoms with Crippen LogP contribution in [0.1, 0.15) is 16.2 Å². The number of methoxy groups -OCH3 is 1. The molecule has 0 aliphatic rings. The summed E-state index contributed by atoms with van der Waals surface area (Å²) >= 11 is 0. The highest BCUT2D eigenvalue weighted by Crippen LogP contribution is 2.23. The number of hydrogen-bond donors (Lipinski definition) is 1. The highest BCUT2D eigenvalue weighted by molar-refractivity contribution is 6.01. The zero-order chi connectivity index (χ0) is 16.9. The van der Waals surface area contributed by atoms with E-state index in [0.29, 0.717) is 22.6 Å². The number of nitriles is 1. The number of para-hydroxylation sites is 1. The fraction of sp³-hybridized carbons (Fsp3) is 0.0588. The molecule has 0 saturated carbocycles. The van der Waals surface area contributed by atoms with Crippen LogP contribution in [0, 0.1) is 11.3 Å². The maximum atomic E-state index is 12.2. The minimum atomic E-state index is -0.584. The number of nitrogens with zero attached hydrogens (tertiary/aromatic N) is 3. The van der Waals surface area contributed by atoms with Crippen molar-refractivity contribution in [1.29, 1.82) is 5.26 Å². The number of ether oxygens (including phenoxy) is 1. The number of carbonyl (C=O) groups is 1. The van der Waals surface area contributed by atoms with Crippen molar-refractivity contribution in [2.24, 2.45) is 0 Å². The number of rotatable bonds is 4. The fourth-order valence-electron chi connectivity index (χ4n) is 2.05. The van der Waals surface area contributed by atoms with E-state index in [9.17, 15) is 4.79 Å². The van der Waals surface area contributed by atoms with Gasteiger partial charge in [-0.2, -0.15) is 5.26 Å². The molecule has 0 aliphatic carbocycles. The van der Waals surface area contributed by atoms with E-state index in [2.05, 4.69) is 15.5 Å². The molecule has 24 heavy (non-hydrogen) atoms. The van der Waals surface area contributed by atoms with Gasteiger partial charge in [0, 0.05) is 5.56 Å². The zero-order valence-corrected chi connectivity index (χ0v) is 12.7. The lowest BCUT2D eigenvalue weighted by atomic mass is 10.2. The van der Waals surface area contributed by atoms with Gasteiger partial charge >= 0.3 is 11.8 Å². The first-order valence-corrected chi connectivity index (χ1v) is 6.99. The topological polar surface area (TPSA) is 101 Å². The van der Waals surface area contributed by atoms with Crippen LogP contribution in [0.4, 0.5) is 5.69 Å². The number of aromatic nitrogens is 2. The van der Waals surface area contributed by atoms with Crippen molar-refractivity contribution in [3.63, 3.8) is 0 Å². The molecule has 118 valence electrons. The first-order valence-electron chi connectivity index (χ1n) is 6.99. The van der Waals surface area contributed by atoms with Crippen LogP contribution < -0.4 is 10.1 Å². The largest absolute Gasteiger partial charge is 0.497 e. The van der Waals surface area contributed by atoms with E-state index in [-0.39, 0.29) is 11.8 Å². The van der Waals surface area contributed by atoms with Crippen molar-refractivity contribution in [2.75, 3.05) is 12.4 Å². The lowest BCUT2D eigenvalue weighted by Crippen LogP contribution is -2.13. The maximum Gasteiger partial charge on any atom is 0.313 e. The highest BCUT2D eigenvalue weighted by Gasteiger charge is 2.17. The molecule has 7 heteroatoms. The van der Waals surface area contributed by atoms with Crippen molar-refractivity contribution >= 4 is 11.6 Å². The minimum Gasteiger partial charge on any atom is -0.497 e. The normalized spacial score (nSPS) is 10.0. The summed E-state index contributed by atoms with van der Waals surface area (Å²) in [5, 5.41) is 19.2. The Morgan fingerprint density at radius 2 is 2.04 bits per heavy atom. The molecule has 3 aromatic rings. The SMILES string of the molecule is COc1cccc(-c2nnc(C(=O)Nc3ccccc3C#N)o2)c1. The quantitative estimate of drug-likeness (QED) is 0.793. The van der Waals surface area contributed by atoms with Crippen LogP contribution in [0.25, 0.3) is 11.5 Å². The second-order valence-electron chi connectivity index (χ2n) is 4.76. The number of anilines is 1. The van der Waals surface area contributed by atoms with Crippen LogP contribution in [-0.2, 0) is 0 Å². The van der Waals surface area contributed by atoms with Gasteiger partial charge in [-0.15, -0.1) is 10.2 Å². The van der Waals surface area contributed by atoms with Gasteiger partial charge in [0.05, 0.1) is 18.4 Å². The summed E-state index contributed by atoms with van der Waals surface area (Å²) in [6.07, 6.45) is 0. The molecule has 1 N–H and O–H groups in total. The van der Waals surface area contributed by atoms with Gasteiger partial charge in [0.15, 0.2) is 0 Å². The second kappa shape index (κ2) is 6.62. The molecule has 2 aromatic carbocycles. The predicted molar refractivity (Wildman–Crippen MR) is 85.4 cm³/mol. The Bertz CT molecular complexity index is 927. The van der Waals surface area contributed by atoms with Crippen LogP contribution in [0.3, 0.4) is 0 Å². The summed E-state index contributed by atoms with van der Waals surface area (Å²) in [5.41, 5.74) is 1.36. The molecule has 1 amide bonds. The van der Waals surface area contributed by atoms with Crippen molar-refractivity contribution in [3.8, 4) is 23.3 Å². The fourth-order valence-corrected chi connectivity index (χ4v) is 2.05. The standard InChI is InChI=1S/C17H12N4O3/c1-23-13-7-4-6-11(9-13)16-20-21-17(24-16)15(22)19-14-8-3-2-5-12(14)10-18/h2-9H,1H3,(H,19,22). The van der Waals surface area contributed by atoms with Crippen LogP contribution in [0.5, 0.6) is 5.75 Å².